The third-order valence-electron chi connectivity index (χ3n) is 5.75. The number of nitrogens with zero attached hydrogens (tertiary/aromatic N) is 1. The summed E-state index contributed by atoms with van der Waals surface area (Å²) in [7, 11) is 0. The van der Waals surface area contributed by atoms with Crippen molar-refractivity contribution in [1.82, 2.24) is 5.32 Å². The number of urea groups is 1. The fourth-order valence-electron chi connectivity index (χ4n) is 4.22. The van der Waals surface area contributed by atoms with E-state index in [2.05, 4.69) is 16.7 Å². The summed E-state index contributed by atoms with van der Waals surface area (Å²) in [4.78, 5) is 14.4. The van der Waals surface area contributed by atoms with Crippen molar-refractivity contribution in [2.45, 2.75) is 32.1 Å². The zero-order valence-electron chi connectivity index (χ0n) is 15.8. The van der Waals surface area contributed by atoms with Gasteiger partial charge in [0.25, 0.3) is 0 Å². The van der Waals surface area contributed by atoms with Gasteiger partial charge in [0.05, 0.1) is 0 Å². The highest BCUT2D eigenvalue weighted by atomic mass is 19.2. The Balaban J connectivity index is 1.29. The predicted molar refractivity (Wildman–Crippen MR) is 107 cm³/mol. The number of rotatable bonds is 4. The minimum Gasteiger partial charge on any atom is -0.371 e. The molecule has 28 heavy (non-hydrogen) atoms. The van der Waals surface area contributed by atoms with E-state index in [1.165, 1.54) is 23.6 Å². The molecule has 0 spiro atoms. The summed E-state index contributed by atoms with van der Waals surface area (Å²) in [5.74, 6) is -1.38. The van der Waals surface area contributed by atoms with Gasteiger partial charge in [-0.1, -0.05) is 12.1 Å². The molecular formula is C22H25F2N3O. The molecule has 0 bridgehead atoms. The smallest absolute Gasteiger partial charge is 0.319 e. The van der Waals surface area contributed by atoms with Crippen LogP contribution in [0.15, 0.2) is 36.4 Å². The van der Waals surface area contributed by atoms with E-state index < -0.39 is 11.6 Å². The van der Waals surface area contributed by atoms with Gasteiger partial charge >= 0.3 is 6.03 Å². The van der Waals surface area contributed by atoms with Crippen LogP contribution in [0.4, 0.5) is 25.0 Å². The van der Waals surface area contributed by atoms with Gasteiger partial charge in [-0.15, -0.1) is 0 Å². The standard InChI is InChI=1S/C22H25F2N3O/c23-19-9-8-17(12-20(19)24)27-11-10-15(14-27)13-25-22(28)26-21-7-3-5-16-4-1-2-6-18(16)21/h3,5,7-9,12,15H,1-2,4,6,10-11,13-14H2,(H2,25,26,28)/t15-/m1/s1. The molecule has 1 atom stereocenters. The molecule has 1 aliphatic carbocycles. The molecule has 2 aromatic rings. The number of benzene rings is 2. The Hall–Kier alpha value is -2.63. The number of aryl methyl sites for hydroxylation is 1. The quantitative estimate of drug-likeness (QED) is 0.814. The first-order chi connectivity index (χ1) is 13.6. The third kappa shape index (κ3) is 4.11. The first-order valence-electron chi connectivity index (χ1n) is 9.96. The molecule has 4 nitrogen and oxygen atoms in total. The second-order valence-electron chi connectivity index (χ2n) is 7.68. The van der Waals surface area contributed by atoms with Gasteiger partial charge in [0.2, 0.25) is 0 Å². The molecule has 0 saturated carbocycles. The van der Waals surface area contributed by atoms with E-state index in [1.807, 2.05) is 17.0 Å². The van der Waals surface area contributed by atoms with Gasteiger partial charge < -0.3 is 15.5 Å². The van der Waals surface area contributed by atoms with Crippen LogP contribution in [0.1, 0.15) is 30.4 Å². The molecule has 0 aromatic heterocycles. The molecule has 0 unspecified atom stereocenters. The normalized spacial score (nSPS) is 18.6. The lowest BCUT2D eigenvalue weighted by molar-refractivity contribution is 0.250. The van der Waals surface area contributed by atoms with E-state index in [0.29, 0.717) is 18.8 Å². The number of carbonyl (C=O) groups excluding carboxylic acids is 1. The lowest BCUT2D eigenvalue weighted by Crippen LogP contribution is -2.34. The summed E-state index contributed by atoms with van der Waals surface area (Å²) in [6.45, 7) is 2.04. The van der Waals surface area contributed by atoms with Crippen molar-refractivity contribution in [3.05, 3.63) is 59.2 Å². The summed E-state index contributed by atoms with van der Waals surface area (Å²) in [5, 5.41) is 5.96. The summed E-state index contributed by atoms with van der Waals surface area (Å²) in [6.07, 6.45) is 5.36. The largest absolute Gasteiger partial charge is 0.371 e. The number of anilines is 2. The van der Waals surface area contributed by atoms with Crippen molar-refractivity contribution in [3.8, 4) is 0 Å². The lowest BCUT2D eigenvalue weighted by Gasteiger charge is -2.20. The van der Waals surface area contributed by atoms with Gasteiger partial charge in [0.15, 0.2) is 11.6 Å². The van der Waals surface area contributed by atoms with Gasteiger partial charge in [-0.05, 0) is 67.3 Å². The van der Waals surface area contributed by atoms with Crippen LogP contribution in [0, 0.1) is 17.6 Å². The van der Waals surface area contributed by atoms with Crippen LogP contribution in [-0.2, 0) is 12.8 Å². The average molecular weight is 385 g/mol. The summed E-state index contributed by atoms with van der Waals surface area (Å²) in [6, 6.07) is 9.90. The predicted octanol–water partition coefficient (Wildman–Crippen LogP) is 4.49. The van der Waals surface area contributed by atoms with E-state index in [0.717, 1.165) is 44.0 Å². The monoisotopic (exact) mass is 385 g/mol. The van der Waals surface area contributed by atoms with Gasteiger partial charge in [0, 0.05) is 37.1 Å². The van der Waals surface area contributed by atoms with Gasteiger partial charge in [0.1, 0.15) is 0 Å². The number of amides is 2. The maximum Gasteiger partial charge on any atom is 0.319 e. The molecular weight excluding hydrogens is 360 g/mol. The highest BCUT2D eigenvalue weighted by Crippen LogP contribution is 2.28. The number of hydrogen-bond donors (Lipinski definition) is 2. The van der Waals surface area contributed by atoms with Gasteiger partial charge in [-0.2, -0.15) is 0 Å². The van der Waals surface area contributed by atoms with Crippen molar-refractivity contribution >= 4 is 17.4 Å². The van der Waals surface area contributed by atoms with E-state index >= 15 is 0 Å². The molecule has 6 heteroatoms. The van der Waals surface area contributed by atoms with Crippen LogP contribution in [0.25, 0.3) is 0 Å². The van der Waals surface area contributed by atoms with Crippen molar-refractivity contribution in [3.63, 3.8) is 0 Å². The van der Waals surface area contributed by atoms with Crippen LogP contribution in [0.2, 0.25) is 0 Å². The number of halogens is 2. The van der Waals surface area contributed by atoms with Crippen LogP contribution in [0.5, 0.6) is 0 Å². The van der Waals surface area contributed by atoms with E-state index in [1.54, 1.807) is 6.07 Å². The van der Waals surface area contributed by atoms with Gasteiger partial charge in [-0.25, -0.2) is 13.6 Å². The number of nitrogens with one attached hydrogen (secondary N) is 2. The minimum atomic E-state index is -0.832. The molecule has 0 radical (unpaired) electrons. The summed E-state index contributed by atoms with van der Waals surface area (Å²) in [5.41, 5.74) is 4.18. The molecule has 2 amide bonds. The van der Waals surface area contributed by atoms with Crippen LogP contribution in [-0.4, -0.2) is 25.7 Å². The highest BCUT2D eigenvalue weighted by molar-refractivity contribution is 5.90. The van der Waals surface area contributed by atoms with Crippen LogP contribution in [0.3, 0.4) is 0 Å². The van der Waals surface area contributed by atoms with E-state index in [9.17, 15) is 13.6 Å². The molecule has 2 aliphatic rings. The molecule has 2 N–H and O–H groups in total. The third-order valence-corrected chi connectivity index (χ3v) is 5.75. The SMILES string of the molecule is O=C(NC[C@H]1CCN(c2ccc(F)c(F)c2)C1)Nc1cccc2c1CCCC2. The number of fused-ring (bicyclic) bond motifs is 1. The van der Waals surface area contributed by atoms with Crippen molar-refractivity contribution in [1.29, 1.82) is 0 Å². The summed E-state index contributed by atoms with van der Waals surface area (Å²) < 4.78 is 26.6. The molecule has 148 valence electrons. The fourth-order valence-corrected chi connectivity index (χ4v) is 4.22. The van der Waals surface area contributed by atoms with Crippen molar-refractivity contribution in [2.75, 3.05) is 29.9 Å². The Morgan fingerprint density at radius 3 is 2.82 bits per heavy atom. The van der Waals surface area contributed by atoms with Crippen LogP contribution >= 0.6 is 0 Å². The second kappa shape index (κ2) is 8.17. The maximum absolute atomic E-state index is 13.4. The van der Waals surface area contributed by atoms with Crippen molar-refractivity contribution in [2.24, 2.45) is 5.92 Å². The number of carbonyl (C=O) groups is 1. The van der Waals surface area contributed by atoms with E-state index in [-0.39, 0.29) is 11.9 Å². The first-order valence-corrected chi connectivity index (χ1v) is 9.96. The zero-order valence-corrected chi connectivity index (χ0v) is 15.8. The Morgan fingerprint density at radius 2 is 1.96 bits per heavy atom. The molecule has 2 aromatic carbocycles. The molecule has 1 aliphatic heterocycles. The van der Waals surface area contributed by atoms with Crippen molar-refractivity contribution < 1.29 is 13.6 Å². The van der Waals surface area contributed by atoms with E-state index in [4.69, 9.17) is 0 Å². The molecule has 1 saturated heterocycles. The molecule has 4 rings (SSSR count). The fraction of sp³-hybridized carbons (Fsp3) is 0.409. The van der Waals surface area contributed by atoms with Gasteiger partial charge in [-0.3, -0.25) is 0 Å². The Morgan fingerprint density at radius 1 is 1.11 bits per heavy atom. The highest BCUT2D eigenvalue weighted by Gasteiger charge is 2.24. The topological polar surface area (TPSA) is 44.4 Å². The first kappa shape index (κ1) is 18.7. The molecule has 1 heterocycles. The zero-order chi connectivity index (χ0) is 19.5. The Bertz CT molecular complexity index is 871. The van der Waals surface area contributed by atoms with Crippen LogP contribution < -0.4 is 15.5 Å². The Kier molecular flexibility index (Phi) is 5.46. The second-order valence-corrected chi connectivity index (χ2v) is 7.68. The molecule has 1 fully saturated rings. The summed E-state index contributed by atoms with van der Waals surface area (Å²) >= 11 is 0. The maximum atomic E-state index is 13.4. The number of hydrogen-bond acceptors (Lipinski definition) is 2. The average Bonchev–Trinajstić information content (AvgIpc) is 3.18. The minimum absolute atomic E-state index is 0.190. The lowest BCUT2D eigenvalue weighted by atomic mass is 9.90. The Labute approximate surface area is 163 Å².